The van der Waals surface area contributed by atoms with E-state index in [1.165, 1.54) is 29.3 Å². The van der Waals surface area contributed by atoms with Gasteiger partial charge in [0.15, 0.2) is 7.65 Å². The van der Waals surface area contributed by atoms with Crippen LogP contribution in [0, 0.1) is 3.57 Å². The van der Waals surface area contributed by atoms with Gasteiger partial charge in [-0.2, -0.15) is 0 Å². The van der Waals surface area contributed by atoms with Crippen molar-refractivity contribution in [2.45, 2.75) is 39.5 Å². The van der Waals surface area contributed by atoms with E-state index < -0.39 is 0 Å². The zero-order valence-electron chi connectivity index (χ0n) is 9.67. The van der Waals surface area contributed by atoms with Gasteiger partial charge in [-0.25, -0.2) is 0 Å². The third kappa shape index (κ3) is 5.36. The van der Waals surface area contributed by atoms with E-state index in [1.54, 1.807) is 5.57 Å². The summed E-state index contributed by atoms with van der Waals surface area (Å²) in [5, 5.41) is 0. The van der Waals surface area contributed by atoms with Crippen LogP contribution in [0.15, 0.2) is 40.0 Å². The minimum Gasteiger partial charge on any atom is -0.0654 e. The molecule has 0 aliphatic heterocycles. The lowest BCUT2D eigenvalue weighted by molar-refractivity contribution is -0.557. The molecule has 15 heavy (non-hydrogen) atoms. The van der Waals surface area contributed by atoms with Crippen molar-refractivity contribution in [1.29, 1.82) is 0 Å². The van der Waals surface area contributed by atoms with Crippen LogP contribution in [0.25, 0.3) is 0 Å². The van der Waals surface area contributed by atoms with Crippen molar-refractivity contribution in [2.24, 2.45) is 0 Å². The molecule has 0 aliphatic carbocycles. The lowest BCUT2D eigenvalue weighted by atomic mass is 10.1. The summed E-state index contributed by atoms with van der Waals surface area (Å²) in [5.74, 6) is 0. The maximum atomic E-state index is 2.52. The van der Waals surface area contributed by atoms with Gasteiger partial charge in [-0.1, -0.05) is 38.5 Å². The van der Waals surface area contributed by atoms with E-state index in [9.17, 15) is 0 Å². The number of allylic oxidation sites excluding steroid dienone is 1. The Bertz CT molecular complexity index is 287. The van der Waals surface area contributed by atoms with Crippen LogP contribution in [0.5, 0.6) is 0 Å². The minimum absolute atomic E-state index is 0.100. The Morgan fingerprint density at radius 3 is 2.53 bits per heavy atom. The normalized spacial score (nSPS) is 11.7. The molecule has 1 heteroatoms. The monoisotopic (exact) mass is 315 g/mol. The summed E-state index contributed by atoms with van der Waals surface area (Å²) in [6, 6.07) is 10.9. The predicted octanol–water partition coefficient (Wildman–Crippen LogP) is 1.43. The SMILES string of the molecule is CCCC/C(=C/[I+]c1ccccc1)CC. The van der Waals surface area contributed by atoms with Crippen LogP contribution >= 0.6 is 0 Å². The van der Waals surface area contributed by atoms with E-state index >= 15 is 0 Å². The predicted molar refractivity (Wildman–Crippen MR) is 63.0 cm³/mol. The van der Waals surface area contributed by atoms with Crippen LogP contribution in [-0.4, -0.2) is 0 Å². The fraction of sp³-hybridized carbons (Fsp3) is 0.429. The zero-order valence-corrected chi connectivity index (χ0v) is 11.8. The molecule has 0 N–H and O–H groups in total. The van der Waals surface area contributed by atoms with E-state index in [4.69, 9.17) is 0 Å². The highest BCUT2D eigenvalue weighted by Gasteiger charge is 2.08. The van der Waals surface area contributed by atoms with Gasteiger partial charge in [0.2, 0.25) is 0 Å². The summed E-state index contributed by atoms with van der Waals surface area (Å²) in [6.07, 6.45) is 5.19. The summed E-state index contributed by atoms with van der Waals surface area (Å²) >= 11 is 0.100. The van der Waals surface area contributed by atoms with E-state index in [2.05, 4.69) is 48.3 Å². The van der Waals surface area contributed by atoms with Gasteiger partial charge >= 0.3 is 21.2 Å². The van der Waals surface area contributed by atoms with Crippen molar-refractivity contribution in [3.8, 4) is 0 Å². The average Bonchev–Trinajstić information content (AvgIpc) is 2.31. The summed E-state index contributed by atoms with van der Waals surface area (Å²) in [6.45, 7) is 4.54. The Labute approximate surface area is 104 Å². The zero-order chi connectivity index (χ0) is 10.9. The van der Waals surface area contributed by atoms with Gasteiger partial charge < -0.3 is 0 Å². The number of unbranched alkanes of at least 4 members (excludes halogenated alkanes) is 1. The molecule has 0 heterocycles. The highest BCUT2D eigenvalue weighted by atomic mass is 127. The quantitative estimate of drug-likeness (QED) is 0.697. The molecular weight excluding hydrogens is 295 g/mol. The Balaban J connectivity index is 2.47. The number of hydrogen-bond donors (Lipinski definition) is 0. The summed E-state index contributed by atoms with van der Waals surface area (Å²) in [4.78, 5) is 0. The lowest BCUT2D eigenvalue weighted by Gasteiger charge is -1.97. The maximum Gasteiger partial charge on any atom is 0.349 e. The molecule has 0 amide bonds. The number of benzene rings is 1. The average molecular weight is 315 g/mol. The van der Waals surface area contributed by atoms with Crippen molar-refractivity contribution in [2.75, 3.05) is 0 Å². The highest BCUT2D eigenvalue weighted by molar-refractivity contribution is 5.01. The fourth-order valence-electron chi connectivity index (χ4n) is 1.34. The standard InChI is InChI=1S/C14H20I/c1-3-5-9-13(4-2)12-15-14-10-7-6-8-11-14/h6-8,10-12H,3-5,9H2,1-2H3/q+1/b13-12+. The molecule has 82 valence electrons. The Kier molecular flexibility index (Phi) is 6.73. The third-order valence-corrected chi connectivity index (χ3v) is 5.00. The first-order chi connectivity index (χ1) is 7.36. The summed E-state index contributed by atoms with van der Waals surface area (Å²) in [7, 11) is 0. The Hall–Kier alpha value is -0.310. The van der Waals surface area contributed by atoms with Crippen molar-refractivity contribution >= 4 is 0 Å². The van der Waals surface area contributed by atoms with E-state index in [0.29, 0.717) is 0 Å². The summed E-state index contributed by atoms with van der Waals surface area (Å²) < 4.78 is 4.04. The second-order valence-electron chi connectivity index (χ2n) is 3.63. The van der Waals surface area contributed by atoms with E-state index in [1.807, 2.05) is 0 Å². The molecule has 1 rings (SSSR count). The third-order valence-electron chi connectivity index (χ3n) is 2.37. The summed E-state index contributed by atoms with van der Waals surface area (Å²) in [5.41, 5.74) is 1.66. The number of rotatable bonds is 6. The molecule has 1 aromatic carbocycles. The molecule has 0 unspecified atom stereocenters. The van der Waals surface area contributed by atoms with Crippen LogP contribution in [0.3, 0.4) is 0 Å². The van der Waals surface area contributed by atoms with Gasteiger partial charge in [0, 0.05) is 0 Å². The van der Waals surface area contributed by atoms with Gasteiger partial charge in [0.25, 0.3) is 0 Å². The van der Waals surface area contributed by atoms with E-state index in [-0.39, 0.29) is 21.2 Å². The smallest absolute Gasteiger partial charge is 0.0654 e. The molecule has 0 spiro atoms. The fourth-order valence-corrected chi connectivity index (χ4v) is 3.72. The largest absolute Gasteiger partial charge is 0.349 e. The maximum absolute atomic E-state index is 2.52. The molecule has 0 atom stereocenters. The van der Waals surface area contributed by atoms with Gasteiger partial charge in [-0.15, -0.1) is 0 Å². The molecule has 1 aromatic rings. The Morgan fingerprint density at radius 1 is 1.20 bits per heavy atom. The minimum atomic E-state index is 0.100. The second kappa shape index (κ2) is 7.91. The highest BCUT2D eigenvalue weighted by Crippen LogP contribution is 2.08. The van der Waals surface area contributed by atoms with Gasteiger partial charge in [-0.3, -0.25) is 0 Å². The van der Waals surface area contributed by atoms with Gasteiger partial charge in [-0.05, 0) is 37.0 Å². The van der Waals surface area contributed by atoms with E-state index in [0.717, 1.165) is 0 Å². The number of halogens is 1. The van der Waals surface area contributed by atoms with Crippen molar-refractivity contribution in [3.05, 3.63) is 43.6 Å². The second-order valence-corrected chi connectivity index (χ2v) is 6.12. The van der Waals surface area contributed by atoms with Crippen LogP contribution in [-0.2, 0) is 0 Å². The van der Waals surface area contributed by atoms with Crippen molar-refractivity contribution < 1.29 is 21.2 Å². The molecule has 0 fully saturated rings. The lowest BCUT2D eigenvalue weighted by Crippen LogP contribution is -3.59. The molecule has 0 saturated heterocycles. The van der Waals surface area contributed by atoms with Crippen molar-refractivity contribution in [3.63, 3.8) is 0 Å². The first-order valence-electron chi connectivity index (χ1n) is 5.73. The van der Waals surface area contributed by atoms with Crippen molar-refractivity contribution in [1.82, 2.24) is 0 Å². The molecule has 0 nitrogen and oxygen atoms in total. The Morgan fingerprint density at radius 2 is 1.93 bits per heavy atom. The van der Waals surface area contributed by atoms with Crippen LogP contribution < -0.4 is 21.2 Å². The molecule has 0 radical (unpaired) electrons. The van der Waals surface area contributed by atoms with Gasteiger partial charge in [0.1, 0.15) is 0 Å². The molecule has 0 aliphatic rings. The van der Waals surface area contributed by atoms with Crippen LogP contribution in [0.4, 0.5) is 0 Å². The van der Waals surface area contributed by atoms with Crippen LogP contribution in [0.1, 0.15) is 39.5 Å². The topological polar surface area (TPSA) is 0 Å². The molecular formula is C14H20I+. The first kappa shape index (κ1) is 12.8. The number of hydrogen-bond acceptors (Lipinski definition) is 0. The molecule has 0 saturated carbocycles. The molecule has 0 aromatic heterocycles. The van der Waals surface area contributed by atoms with Crippen LogP contribution in [0.2, 0.25) is 0 Å². The molecule has 0 bridgehead atoms. The van der Waals surface area contributed by atoms with Gasteiger partial charge in [0.05, 0.1) is 0 Å². The first-order valence-corrected chi connectivity index (χ1v) is 8.05.